The lowest BCUT2D eigenvalue weighted by Crippen LogP contribution is -2.38. The standard InChI is InChI=1S/C8H17N/c1-8(2,3)9-6-4-5-7-9/h4-7H2,1-3H3/i4D,6D. The average molecular weight is 129 g/mol. The van der Waals surface area contributed by atoms with Crippen molar-refractivity contribution in [2.75, 3.05) is 13.1 Å². The molecular formula is C8H17N. The summed E-state index contributed by atoms with van der Waals surface area (Å²) in [6.07, 6.45) is 0.653. The van der Waals surface area contributed by atoms with E-state index in [2.05, 4.69) is 25.7 Å². The Kier molecular flexibility index (Phi) is 1.21. The van der Waals surface area contributed by atoms with Gasteiger partial charge in [-0.05, 0) is 46.7 Å². The first-order valence-corrected chi connectivity index (χ1v) is 3.54. The van der Waals surface area contributed by atoms with E-state index in [4.69, 9.17) is 2.74 Å². The molecule has 0 spiro atoms. The van der Waals surface area contributed by atoms with Gasteiger partial charge < -0.3 is 0 Å². The molecule has 0 aromatic heterocycles. The second-order valence-electron chi connectivity index (χ2n) is 3.54. The highest BCUT2D eigenvalue weighted by Gasteiger charge is 2.23. The maximum Gasteiger partial charge on any atom is 0.0431 e. The first kappa shape index (κ1) is 4.73. The minimum absolute atomic E-state index is 0.0578. The summed E-state index contributed by atoms with van der Waals surface area (Å²) in [5.41, 5.74) is 0.0578. The van der Waals surface area contributed by atoms with E-state index in [1.54, 1.807) is 0 Å². The Morgan fingerprint density at radius 1 is 1.44 bits per heavy atom. The summed E-state index contributed by atoms with van der Waals surface area (Å²) >= 11 is 0. The molecule has 1 fully saturated rings. The molecule has 2 atom stereocenters. The molecule has 0 aromatic carbocycles. The maximum atomic E-state index is 7.69. The molecule has 9 heavy (non-hydrogen) atoms. The lowest BCUT2D eigenvalue weighted by Gasteiger charge is -2.31. The summed E-state index contributed by atoms with van der Waals surface area (Å²) in [4.78, 5) is 2.09. The molecule has 0 aromatic rings. The molecule has 1 heteroatoms. The van der Waals surface area contributed by atoms with Crippen molar-refractivity contribution in [3.05, 3.63) is 0 Å². The Balaban J connectivity index is 2.62. The van der Waals surface area contributed by atoms with Gasteiger partial charge in [0.05, 0.1) is 0 Å². The molecule has 0 saturated carbocycles. The summed E-state index contributed by atoms with van der Waals surface area (Å²) in [6.45, 7) is 6.91. The van der Waals surface area contributed by atoms with Crippen LogP contribution < -0.4 is 0 Å². The van der Waals surface area contributed by atoms with Crippen LogP contribution in [0.15, 0.2) is 0 Å². The van der Waals surface area contributed by atoms with Crippen LogP contribution in [0.4, 0.5) is 0 Å². The van der Waals surface area contributed by atoms with Crippen molar-refractivity contribution in [2.45, 2.75) is 39.1 Å². The van der Waals surface area contributed by atoms with E-state index in [1.165, 1.54) is 0 Å². The van der Waals surface area contributed by atoms with Gasteiger partial charge in [-0.25, -0.2) is 0 Å². The van der Waals surface area contributed by atoms with Gasteiger partial charge in [-0.3, -0.25) is 4.90 Å². The van der Waals surface area contributed by atoms with E-state index in [9.17, 15) is 0 Å². The van der Waals surface area contributed by atoms with Crippen LogP contribution in [0.3, 0.4) is 0 Å². The zero-order chi connectivity index (χ0) is 8.65. The molecule has 1 nitrogen and oxygen atoms in total. The Morgan fingerprint density at radius 2 is 2.11 bits per heavy atom. The third-order valence-corrected chi connectivity index (χ3v) is 1.68. The van der Waals surface area contributed by atoms with Crippen LogP contribution in [0.1, 0.15) is 36.3 Å². The summed E-state index contributed by atoms with van der Waals surface area (Å²) in [7, 11) is 0. The zero-order valence-electron chi connectivity index (χ0n) is 8.52. The highest BCUT2D eigenvalue weighted by molar-refractivity contribution is 4.79. The van der Waals surface area contributed by atoms with Gasteiger partial charge in [0, 0.05) is 8.28 Å². The van der Waals surface area contributed by atoms with Crippen LogP contribution in [0.2, 0.25) is 0 Å². The van der Waals surface area contributed by atoms with Gasteiger partial charge in [0.15, 0.2) is 0 Å². The van der Waals surface area contributed by atoms with Crippen LogP contribution in [0, 0.1) is 0 Å². The molecule has 0 N–H and O–H groups in total. The zero-order valence-corrected chi connectivity index (χ0v) is 6.52. The minimum Gasteiger partial charge on any atom is -0.298 e. The summed E-state index contributed by atoms with van der Waals surface area (Å²) in [6, 6.07) is 0. The molecule has 0 amide bonds. The fraction of sp³-hybridized carbons (Fsp3) is 1.00. The van der Waals surface area contributed by atoms with E-state index < -0.39 is 0 Å². The van der Waals surface area contributed by atoms with E-state index in [0.717, 1.165) is 13.0 Å². The van der Waals surface area contributed by atoms with Gasteiger partial charge in [0.25, 0.3) is 0 Å². The smallest absolute Gasteiger partial charge is 0.0431 e. The highest BCUT2D eigenvalue weighted by atomic mass is 15.2. The second-order valence-corrected chi connectivity index (χ2v) is 3.54. The Labute approximate surface area is 60.9 Å². The molecule has 0 radical (unpaired) electrons. The third kappa shape index (κ3) is 1.68. The lowest BCUT2D eigenvalue weighted by molar-refractivity contribution is 0.175. The number of rotatable bonds is 0. The van der Waals surface area contributed by atoms with Gasteiger partial charge in [0.1, 0.15) is 0 Å². The van der Waals surface area contributed by atoms with Crippen molar-refractivity contribution in [1.82, 2.24) is 4.90 Å². The predicted octanol–water partition coefficient (Wildman–Crippen LogP) is 1.88. The van der Waals surface area contributed by atoms with E-state index in [-0.39, 0.29) is 18.5 Å². The van der Waals surface area contributed by atoms with Crippen LogP contribution in [-0.4, -0.2) is 23.5 Å². The largest absolute Gasteiger partial charge is 0.298 e. The average Bonchev–Trinajstić information content (AvgIpc) is 2.11. The minimum atomic E-state index is -0.310. The Hall–Kier alpha value is -0.0400. The fourth-order valence-electron chi connectivity index (χ4n) is 1.05. The van der Waals surface area contributed by atoms with Gasteiger partial charge >= 0.3 is 0 Å². The van der Waals surface area contributed by atoms with Crippen LogP contribution >= 0.6 is 0 Å². The number of hydrogen-bond donors (Lipinski definition) is 0. The molecule has 0 bridgehead atoms. The molecule has 1 saturated heterocycles. The molecule has 0 aliphatic carbocycles. The number of nitrogens with zero attached hydrogens (tertiary/aromatic N) is 1. The van der Waals surface area contributed by atoms with Gasteiger partial charge in [0.2, 0.25) is 0 Å². The second kappa shape index (κ2) is 2.30. The van der Waals surface area contributed by atoms with Gasteiger partial charge in [-0.15, -0.1) is 0 Å². The molecule has 1 rings (SSSR count). The first-order valence-electron chi connectivity index (χ1n) is 4.69. The summed E-state index contributed by atoms with van der Waals surface area (Å²) < 4.78 is 15.2. The normalized spacial score (nSPS) is 42.6. The fourth-order valence-corrected chi connectivity index (χ4v) is 1.05. The topological polar surface area (TPSA) is 3.24 Å². The van der Waals surface area contributed by atoms with E-state index in [0.29, 0.717) is 0 Å². The van der Waals surface area contributed by atoms with Gasteiger partial charge in [-0.1, -0.05) is 0 Å². The molecule has 1 aliphatic rings. The van der Waals surface area contributed by atoms with Crippen molar-refractivity contribution < 1.29 is 2.74 Å². The van der Waals surface area contributed by atoms with Gasteiger partial charge in [-0.2, -0.15) is 0 Å². The molecule has 54 valence electrons. The third-order valence-electron chi connectivity index (χ3n) is 1.68. The predicted molar refractivity (Wildman–Crippen MR) is 40.6 cm³/mol. The summed E-state index contributed by atoms with van der Waals surface area (Å²) in [5.74, 6) is 0. The summed E-state index contributed by atoms with van der Waals surface area (Å²) in [5, 5.41) is 0. The Morgan fingerprint density at radius 3 is 2.33 bits per heavy atom. The quantitative estimate of drug-likeness (QED) is 0.482. The monoisotopic (exact) mass is 129 g/mol. The Bertz CT molecular complexity index is 142. The lowest BCUT2D eigenvalue weighted by atomic mass is 10.1. The van der Waals surface area contributed by atoms with Crippen LogP contribution in [-0.2, 0) is 0 Å². The first-order chi connectivity index (χ1) is 4.93. The highest BCUT2D eigenvalue weighted by Crippen LogP contribution is 2.19. The molecule has 1 aliphatic heterocycles. The van der Waals surface area contributed by atoms with E-state index >= 15 is 0 Å². The van der Waals surface area contributed by atoms with Crippen LogP contribution in [0.5, 0.6) is 0 Å². The van der Waals surface area contributed by atoms with Crippen molar-refractivity contribution >= 4 is 0 Å². The number of likely N-dealkylation sites (tertiary alicyclic amines) is 1. The maximum absolute atomic E-state index is 7.69. The van der Waals surface area contributed by atoms with Crippen molar-refractivity contribution in [1.29, 1.82) is 0 Å². The van der Waals surface area contributed by atoms with Crippen molar-refractivity contribution in [3.8, 4) is 0 Å². The van der Waals surface area contributed by atoms with Crippen LogP contribution in [0.25, 0.3) is 0 Å². The number of hydrogen-bond acceptors (Lipinski definition) is 1. The molecule has 1 heterocycles. The SMILES string of the molecule is [2H]C1CCN(C(C)(C)C)C1[2H]. The van der Waals surface area contributed by atoms with Crippen molar-refractivity contribution in [2.24, 2.45) is 0 Å². The molecule has 2 unspecified atom stereocenters. The molecular weight excluding hydrogens is 110 g/mol. The van der Waals surface area contributed by atoms with Crippen molar-refractivity contribution in [3.63, 3.8) is 0 Å². The van der Waals surface area contributed by atoms with E-state index in [1.807, 2.05) is 0 Å².